The zero-order valence-corrected chi connectivity index (χ0v) is 26.2. The molecular formula is C29H33Cl2N5O2S2. The van der Waals surface area contributed by atoms with Gasteiger partial charge in [0.2, 0.25) is 5.91 Å². The van der Waals surface area contributed by atoms with Gasteiger partial charge in [-0.3, -0.25) is 9.36 Å². The molecule has 1 amide bonds. The number of amides is 1. The summed E-state index contributed by atoms with van der Waals surface area (Å²) in [5.74, 6) is 1.55. The van der Waals surface area contributed by atoms with Gasteiger partial charge in [0.15, 0.2) is 17.1 Å². The first-order valence-electron chi connectivity index (χ1n) is 13.2. The molecule has 0 saturated heterocycles. The van der Waals surface area contributed by atoms with E-state index in [0.29, 0.717) is 49.8 Å². The lowest BCUT2D eigenvalue weighted by atomic mass is 9.69. The molecule has 2 unspecified atom stereocenters. The molecule has 11 heteroatoms. The number of rotatable bonds is 11. The first-order chi connectivity index (χ1) is 19.1. The minimum Gasteiger partial charge on any atom is -0.481 e. The first kappa shape index (κ1) is 30.4. The third-order valence-corrected chi connectivity index (χ3v) is 10.3. The third kappa shape index (κ3) is 6.68. The number of thioether (sulfide) groups is 1. The number of carbonyl (C=O) groups is 1. The Balaban J connectivity index is 1.44. The number of carbonyl (C=O) groups excluding carboxylic acids is 1. The van der Waals surface area contributed by atoms with Crippen LogP contribution in [0.15, 0.2) is 36.0 Å². The van der Waals surface area contributed by atoms with Crippen LogP contribution < -0.4 is 10.1 Å². The fourth-order valence-electron chi connectivity index (χ4n) is 4.86. The second kappa shape index (κ2) is 13.0. The van der Waals surface area contributed by atoms with Gasteiger partial charge < -0.3 is 10.1 Å². The summed E-state index contributed by atoms with van der Waals surface area (Å²) < 4.78 is 7.89. The minimum atomic E-state index is -0.466. The van der Waals surface area contributed by atoms with E-state index in [-0.39, 0.29) is 17.1 Å². The Morgan fingerprint density at radius 2 is 2.20 bits per heavy atom. The van der Waals surface area contributed by atoms with Crippen LogP contribution in [0.25, 0.3) is 0 Å². The monoisotopic (exact) mass is 617 g/mol. The molecule has 2 heterocycles. The summed E-state index contributed by atoms with van der Waals surface area (Å²) in [4.78, 5) is 14.2. The number of fused-ring (bicyclic) bond motifs is 1. The fraction of sp³-hybridized carbons (Fsp3) is 0.448. The van der Waals surface area contributed by atoms with Crippen molar-refractivity contribution in [3.63, 3.8) is 0 Å². The molecule has 4 rings (SSSR count). The number of hydrogen-bond acceptors (Lipinski definition) is 7. The lowest BCUT2D eigenvalue weighted by Gasteiger charge is -2.36. The number of anilines is 1. The third-order valence-electron chi connectivity index (χ3n) is 7.60. The van der Waals surface area contributed by atoms with Crippen molar-refractivity contribution in [3.05, 3.63) is 62.7 Å². The zero-order valence-electron chi connectivity index (χ0n) is 23.1. The van der Waals surface area contributed by atoms with Gasteiger partial charge in [-0.25, -0.2) is 0 Å². The molecule has 212 valence electrons. The lowest BCUT2D eigenvalue weighted by Crippen LogP contribution is -2.28. The van der Waals surface area contributed by atoms with Crippen LogP contribution in [0.5, 0.6) is 5.75 Å². The molecule has 1 aliphatic carbocycles. The molecule has 0 spiro atoms. The average Bonchev–Trinajstić information content (AvgIpc) is 3.49. The first-order valence-corrected chi connectivity index (χ1v) is 15.8. The van der Waals surface area contributed by atoms with Crippen molar-refractivity contribution in [3.8, 4) is 11.8 Å². The van der Waals surface area contributed by atoms with Crippen molar-refractivity contribution in [2.75, 3.05) is 11.1 Å². The Kier molecular flexibility index (Phi) is 9.89. The Labute approximate surface area is 253 Å². The van der Waals surface area contributed by atoms with Crippen molar-refractivity contribution in [2.24, 2.45) is 11.3 Å². The quantitative estimate of drug-likeness (QED) is 0.172. The number of nitrogens with zero attached hydrogens (tertiary/aromatic N) is 4. The van der Waals surface area contributed by atoms with Crippen LogP contribution in [0.1, 0.15) is 68.5 Å². The Hall–Kier alpha value is -2.51. The van der Waals surface area contributed by atoms with E-state index in [0.717, 1.165) is 31.2 Å². The van der Waals surface area contributed by atoms with Gasteiger partial charge in [0.1, 0.15) is 16.8 Å². The highest BCUT2D eigenvalue weighted by atomic mass is 35.5. The number of ether oxygens (including phenoxy) is 1. The van der Waals surface area contributed by atoms with Crippen molar-refractivity contribution in [1.82, 2.24) is 14.8 Å². The van der Waals surface area contributed by atoms with Gasteiger partial charge in [-0.15, -0.1) is 28.1 Å². The Bertz CT molecular complexity index is 1440. The lowest BCUT2D eigenvalue weighted by molar-refractivity contribution is -0.113. The van der Waals surface area contributed by atoms with Gasteiger partial charge in [-0.1, -0.05) is 68.2 Å². The second-order valence-corrected chi connectivity index (χ2v) is 13.4. The SMILES string of the molecule is C=CCn1c(SCC(=O)Nc2sc3c(c2C#N)CCC(C(C)(C)CC)C3)nnc1C(C)Oc1ccc(Cl)cc1Cl. The van der Waals surface area contributed by atoms with Crippen LogP contribution in [-0.2, 0) is 24.2 Å². The molecule has 3 aromatic rings. The fourth-order valence-corrected chi connectivity index (χ4v) is 7.36. The maximum absolute atomic E-state index is 13.0. The molecular weight excluding hydrogens is 585 g/mol. The molecule has 2 atom stereocenters. The van der Waals surface area contributed by atoms with Crippen molar-refractivity contribution in [2.45, 2.75) is 71.2 Å². The largest absolute Gasteiger partial charge is 0.481 e. The second-order valence-electron chi connectivity index (χ2n) is 10.5. The zero-order chi connectivity index (χ0) is 29.0. The minimum absolute atomic E-state index is 0.118. The maximum Gasteiger partial charge on any atom is 0.235 e. The number of benzene rings is 1. The van der Waals surface area contributed by atoms with Crippen LogP contribution in [0.4, 0.5) is 5.00 Å². The highest BCUT2D eigenvalue weighted by Crippen LogP contribution is 2.45. The van der Waals surface area contributed by atoms with Crippen LogP contribution in [-0.4, -0.2) is 26.4 Å². The summed E-state index contributed by atoms with van der Waals surface area (Å²) in [7, 11) is 0. The van der Waals surface area contributed by atoms with Crippen LogP contribution in [0.2, 0.25) is 10.0 Å². The summed E-state index contributed by atoms with van der Waals surface area (Å²) in [6.07, 6.45) is 5.28. The predicted octanol–water partition coefficient (Wildman–Crippen LogP) is 8.12. The number of allylic oxidation sites excluding steroid dienone is 1. The molecule has 0 saturated carbocycles. The predicted molar refractivity (Wildman–Crippen MR) is 164 cm³/mol. The van der Waals surface area contributed by atoms with E-state index in [9.17, 15) is 10.1 Å². The molecule has 0 radical (unpaired) electrons. The number of aromatic nitrogens is 3. The van der Waals surface area contributed by atoms with Gasteiger partial charge in [0.25, 0.3) is 0 Å². The highest BCUT2D eigenvalue weighted by molar-refractivity contribution is 7.99. The van der Waals surface area contributed by atoms with Gasteiger partial charge >= 0.3 is 0 Å². The van der Waals surface area contributed by atoms with E-state index >= 15 is 0 Å². The van der Waals surface area contributed by atoms with Gasteiger partial charge in [0, 0.05) is 16.4 Å². The Morgan fingerprint density at radius 1 is 1.43 bits per heavy atom. The van der Waals surface area contributed by atoms with E-state index in [4.69, 9.17) is 27.9 Å². The number of hydrogen-bond donors (Lipinski definition) is 1. The van der Waals surface area contributed by atoms with E-state index < -0.39 is 6.10 Å². The molecule has 1 N–H and O–H groups in total. The number of thiophene rings is 1. The number of nitriles is 1. The Morgan fingerprint density at radius 3 is 2.88 bits per heavy atom. The summed E-state index contributed by atoms with van der Waals surface area (Å²) >= 11 is 15.1. The van der Waals surface area contributed by atoms with Crippen LogP contribution >= 0.6 is 46.3 Å². The summed E-state index contributed by atoms with van der Waals surface area (Å²) in [5.41, 5.74) is 1.96. The maximum atomic E-state index is 13.0. The smallest absolute Gasteiger partial charge is 0.235 e. The van der Waals surface area contributed by atoms with Crippen molar-refractivity contribution in [1.29, 1.82) is 5.26 Å². The van der Waals surface area contributed by atoms with Crippen LogP contribution in [0.3, 0.4) is 0 Å². The van der Waals surface area contributed by atoms with Crippen LogP contribution in [0, 0.1) is 22.7 Å². The molecule has 40 heavy (non-hydrogen) atoms. The number of nitrogens with one attached hydrogen (secondary N) is 1. The van der Waals surface area contributed by atoms with E-state index in [2.05, 4.69) is 48.9 Å². The molecule has 7 nitrogen and oxygen atoms in total. The van der Waals surface area contributed by atoms with E-state index in [1.165, 1.54) is 16.6 Å². The van der Waals surface area contributed by atoms with Gasteiger partial charge in [-0.2, -0.15) is 5.26 Å². The van der Waals surface area contributed by atoms with Crippen molar-refractivity contribution < 1.29 is 9.53 Å². The molecule has 1 aliphatic rings. The van der Waals surface area contributed by atoms with Crippen molar-refractivity contribution >= 4 is 57.2 Å². The van der Waals surface area contributed by atoms with E-state index in [1.54, 1.807) is 35.6 Å². The molecule has 0 aliphatic heterocycles. The number of halogens is 2. The van der Waals surface area contributed by atoms with Gasteiger partial charge in [0.05, 0.1) is 16.3 Å². The average molecular weight is 619 g/mol. The molecule has 0 fully saturated rings. The summed E-state index contributed by atoms with van der Waals surface area (Å²) in [6, 6.07) is 7.37. The standard InChI is InChI=1S/C29H33Cl2N5O2S2/c1-6-12-36-26(17(3)38-23-11-9-19(30)14-22(23)31)34-35-28(36)39-16-25(37)33-27-21(15-32)20-10-8-18(13-24(20)40-27)29(4,5)7-2/h6,9,11,14,17-18H,1,7-8,10,12-13,16H2,2-5H3,(H,33,37). The van der Waals surface area contributed by atoms with E-state index in [1.807, 2.05) is 11.5 Å². The molecule has 1 aromatic carbocycles. The molecule has 0 bridgehead atoms. The molecule has 2 aromatic heterocycles. The topological polar surface area (TPSA) is 92.8 Å². The van der Waals surface area contributed by atoms with Gasteiger partial charge in [-0.05, 0) is 61.3 Å². The normalized spacial score (nSPS) is 15.7. The summed E-state index contributed by atoms with van der Waals surface area (Å²) in [5, 5.41) is 23.6. The highest BCUT2D eigenvalue weighted by Gasteiger charge is 2.34. The summed E-state index contributed by atoms with van der Waals surface area (Å²) in [6.45, 7) is 13.0.